The standard InChI is InChI=1S/C16H22N4O.ClH/c1-10-5-6-11(2)15(7-10)20-13(4)14(9-18-20)19-16(21)8-12(3)17;/h5-7,9,12H,8,17H2,1-4H3,(H,19,21);1H. The lowest BCUT2D eigenvalue weighted by atomic mass is 10.1. The van der Waals surface area contributed by atoms with Crippen LogP contribution in [0.2, 0.25) is 0 Å². The maximum atomic E-state index is 11.8. The predicted octanol–water partition coefficient (Wildman–Crippen LogP) is 2.90. The summed E-state index contributed by atoms with van der Waals surface area (Å²) in [4.78, 5) is 11.8. The van der Waals surface area contributed by atoms with Crippen LogP contribution in [0.4, 0.5) is 5.69 Å². The lowest BCUT2D eigenvalue weighted by Crippen LogP contribution is -2.24. The highest BCUT2D eigenvalue weighted by Gasteiger charge is 2.13. The van der Waals surface area contributed by atoms with Crippen molar-refractivity contribution in [2.45, 2.75) is 40.2 Å². The summed E-state index contributed by atoms with van der Waals surface area (Å²) < 4.78 is 1.85. The maximum absolute atomic E-state index is 11.8. The number of carbonyl (C=O) groups is 1. The summed E-state index contributed by atoms with van der Waals surface area (Å²) in [6.45, 7) is 7.85. The molecule has 1 amide bonds. The molecule has 0 aliphatic heterocycles. The number of rotatable bonds is 4. The van der Waals surface area contributed by atoms with Crippen molar-refractivity contribution in [3.05, 3.63) is 41.2 Å². The Balaban J connectivity index is 0.00000242. The van der Waals surface area contributed by atoms with E-state index < -0.39 is 0 Å². The van der Waals surface area contributed by atoms with Gasteiger partial charge in [-0.1, -0.05) is 12.1 Å². The zero-order chi connectivity index (χ0) is 15.6. The van der Waals surface area contributed by atoms with Gasteiger partial charge in [-0.3, -0.25) is 4.79 Å². The Labute approximate surface area is 137 Å². The first-order valence-electron chi connectivity index (χ1n) is 7.06. The third-order valence-electron chi connectivity index (χ3n) is 3.38. The number of anilines is 1. The van der Waals surface area contributed by atoms with Gasteiger partial charge in [-0.2, -0.15) is 5.10 Å². The van der Waals surface area contributed by atoms with Crippen LogP contribution in [0.1, 0.15) is 30.2 Å². The van der Waals surface area contributed by atoms with Crippen molar-refractivity contribution in [1.82, 2.24) is 9.78 Å². The Morgan fingerprint density at radius 2 is 2.05 bits per heavy atom. The zero-order valence-corrected chi connectivity index (χ0v) is 14.2. The summed E-state index contributed by atoms with van der Waals surface area (Å²) in [7, 11) is 0. The number of hydrogen-bond acceptors (Lipinski definition) is 3. The lowest BCUT2D eigenvalue weighted by Gasteiger charge is -2.10. The van der Waals surface area contributed by atoms with Gasteiger partial charge in [0.2, 0.25) is 5.91 Å². The van der Waals surface area contributed by atoms with Crippen molar-refractivity contribution in [3.63, 3.8) is 0 Å². The molecule has 0 spiro atoms. The van der Waals surface area contributed by atoms with Crippen LogP contribution in [0.25, 0.3) is 5.69 Å². The molecule has 0 aliphatic carbocycles. The van der Waals surface area contributed by atoms with Crippen LogP contribution >= 0.6 is 12.4 Å². The Hall–Kier alpha value is -1.85. The van der Waals surface area contributed by atoms with Crippen LogP contribution in [0.5, 0.6) is 0 Å². The zero-order valence-electron chi connectivity index (χ0n) is 13.4. The number of nitrogens with two attached hydrogens (primary N) is 1. The maximum Gasteiger partial charge on any atom is 0.226 e. The van der Waals surface area contributed by atoms with Gasteiger partial charge in [-0.15, -0.1) is 12.4 Å². The molecule has 0 saturated heterocycles. The van der Waals surface area contributed by atoms with Crippen LogP contribution in [-0.4, -0.2) is 21.7 Å². The summed E-state index contributed by atoms with van der Waals surface area (Å²) in [5, 5.41) is 7.25. The van der Waals surface area contributed by atoms with Crippen molar-refractivity contribution in [1.29, 1.82) is 0 Å². The molecule has 0 radical (unpaired) electrons. The molecule has 0 fully saturated rings. The second-order valence-corrected chi connectivity index (χ2v) is 5.57. The molecule has 6 heteroatoms. The Morgan fingerprint density at radius 1 is 1.36 bits per heavy atom. The van der Waals surface area contributed by atoms with Gasteiger partial charge >= 0.3 is 0 Å². The second kappa shape index (κ2) is 7.42. The van der Waals surface area contributed by atoms with E-state index in [1.165, 1.54) is 5.56 Å². The average Bonchev–Trinajstić information content (AvgIpc) is 2.73. The van der Waals surface area contributed by atoms with E-state index in [1.54, 1.807) is 6.20 Å². The normalized spacial score (nSPS) is 11.7. The van der Waals surface area contributed by atoms with Crippen LogP contribution in [0.15, 0.2) is 24.4 Å². The van der Waals surface area contributed by atoms with Gasteiger partial charge in [-0.25, -0.2) is 4.68 Å². The molecule has 2 aromatic rings. The van der Waals surface area contributed by atoms with E-state index in [1.807, 2.05) is 32.4 Å². The summed E-state index contributed by atoms with van der Waals surface area (Å²) >= 11 is 0. The first-order valence-corrected chi connectivity index (χ1v) is 7.06. The van der Waals surface area contributed by atoms with E-state index in [4.69, 9.17) is 5.73 Å². The molecule has 1 heterocycles. The largest absolute Gasteiger partial charge is 0.327 e. The van der Waals surface area contributed by atoms with Gasteiger partial charge in [0.15, 0.2) is 0 Å². The molecule has 1 aromatic carbocycles. The highest BCUT2D eigenvalue weighted by Crippen LogP contribution is 2.22. The fourth-order valence-electron chi connectivity index (χ4n) is 2.22. The van der Waals surface area contributed by atoms with Crippen LogP contribution < -0.4 is 11.1 Å². The van der Waals surface area contributed by atoms with E-state index in [-0.39, 0.29) is 24.4 Å². The second-order valence-electron chi connectivity index (χ2n) is 5.57. The summed E-state index contributed by atoms with van der Waals surface area (Å²) in [5.41, 5.74) is 10.6. The van der Waals surface area contributed by atoms with Gasteiger partial charge < -0.3 is 11.1 Å². The quantitative estimate of drug-likeness (QED) is 0.909. The Bertz CT molecular complexity index is 664. The van der Waals surface area contributed by atoms with Crippen molar-refractivity contribution in [2.75, 3.05) is 5.32 Å². The molecule has 0 aliphatic rings. The number of hydrogen-bond donors (Lipinski definition) is 2. The van der Waals surface area contributed by atoms with Crippen molar-refractivity contribution in [2.24, 2.45) is 5.73 Å². The van der Waals surface area contributed by atoms with Gasteiger partial charge in [0.1, 0.15) is 0 Å². The number of carbonyl (C=O) groups excluding carboxylic acids is 1. The van der Waals surface area contributed by atoms with Crippen molar-refractivity contribution >= 4 is 24.0 Å². The van der Waals surface area contributed by atoms with E-state index in [2.05, 4.69) is 28.6 Å². The van der Waals surface area contributed by atoms with Crippen molar-refractivity contribution < 1.29 is 4.79 Å². The molecule has 1 aromatic heterocycles. The van der Waals surface area contributed by atoms with Crippen LogP contribution in [0, 0.1) is 20.8 Å². The third-order valence-corrected chi connectivity index (χ3v) is 3.38. The Morgan fingerprint density at radius 3 is 2.68 bits per heavy atom. The molecule has 5 nitrogen and oxygen atoms in total. The first kappa shape index (κ1) is 18.2. The fourth-order valence-corrected chi connectivity index (χ4v) is 2.22. The van der Waals surface area contributed by atoms with E-state index in [0.29, 0.717) is 6.42 Å². The number of aryl methyl sites for hydroxylation is 2. The first-order chi connectivity index (χ1) is 9.88. The summed E-state index contributed by atoms with van der Waals surface area (Å²) in [6, 6.07) is 6.07. The number of nitrogens with zero attached hydrogens (tertiary/aromatic N) is 2. The molecule has 3 N–H and O–H groups in total. The molecule has 120 valence electrons. The third kappa shape index (κ3) is 4.08. The molecule has 2 rings (SSSR count). The van der Waals surface area contributed by atoms with E-state index in [9.17, 15) is 4.79 Å². The minimum atomic E-state index is -0.153. The fraction of sp³-hybridized carbons (Fsp3) is 0.375. The number of aromatic nitrogens is 2. The monoisotopic (exact) mass is 322 g/mol. The van der Waals surface area contributed by atoms with Gasteiger partial charge in [0, 0.05) is 12.5 Å². The van der Waals surface area contributed by atoms with E-state index in [0.717, 1.165) is 22.6 Å². The molecular formula is C16H23ClN4O. The van der Waals surface area contributed by atoms with Gasteiger partial charge in [0.05, 0.1) is 23.3 Å². The van der Waals surface area contributed by atoms with Gasteiger partial charge in [-0.05, 0) is 44.9 Å². The summed E-state index contributed by atoms with van der Waals surface area (Å²) in [5.74, 6) is -0.0892. The SMILES string of the molecule is Cc1ccc(C)c(-n2ncc(NC(=O)CC(C)N)c2C)c1.Cl. The number of nitrogens with one attached hydrogen (secondary N) is 1. The molecule has 1 unspecified atom stereocenters. The molecular weight excluding hydrogens is 300 g/mol. The van der Waals surface area contributed by atoms with Crippen molar-refractivity contribution in [3.8, 4) is 5.69 Å². The highest BCUT2D eigenvalue weighted by molar-refractivity contribution is 5.91. The van der Waals surface area contributed by atoms with Crippen LogP contribution in [0.3, 0.4) is 0 Å². The number of halogens is 1. The molecule has 1 atom stereocenters. The highest BCUT2D eigenvalue weighted by atomic mass is 35.5. The summed E-state index contributed by atoms with van der Waals surface area (Å²) in [6.07, 6.45) is 1.98. The number of benzene rings is 1. The van der Waals surface area contributed by atoms with Gasteiger partial charge in [0.25, 0.3) is 0 Å². The smallest absolute Gasteiger partial charge is 0.226 e. The lowest BCUT2D eigenvalue weighted by molar-refractivity contribution is -0.116. The van der Waals surface area contributed by atoms with E-state index >= 15 is 0 Å². The predicted molar refractivity (Wildman–Crippen MR) is 91.9 cm³/mol. The van der Waals surface area contributed by atoms with Crippen LogP contribution in [-0.2, 0) is 4.79 Å². The topological polar surface area (TPSA) is 72.9 Å². The molecule has 0 saturated carbocycles. The number of amides is 1. The Kier molecular flexibility index (Phi) is 6.14. The minimum Gasteiger partial charge on any atom is -0.327 e. The minimum absolute atomic E-state index is 0. The molecule has 0 bridgehead atoms. The molecule has 22 heavy (non-hydrogen) atoms. The average molecular weight is 323 g/mol.